The number of halogens is 3. The molecule has 7 heteroatoms. The first kappa shape index (κ1) is 16.3. The third-order valence-electron chi connectivity index (χ3n) is 4.17. The van der Waals surface area contributed by atoms with Gasteiger partial charge in [0.25, 0.3) is 0 Å². The van der Waals surface area contributed by atoms with E-state index in [2.05, 4.69) is 9.89 Å². The van der Waals surface area contributed by atoms with Gasteiger partial charge >= 0.3 is 12.1 Å². The molecule has 2 atom stereocenters. The van der Waals surface area contributed by atoms with Crippen LogP contribution in [0.3, 0.4) is 0 Å². The van der Waals surface area contributed by atoms with Crippen LogP contribution in [-0.4, -0.2) is 47.7 Å². The second kappa shape index (κ2) is 6.49. The minimum atomic E-state index is -4.57. The molecule has 0 aliphatic carbocycles. The van der Waals surface area contributed by atoms with Gasteiger partial charge in [0.05, 0.1) is 6.04 Å². The van der Waals surface area contributed by atoms with Gasteiger partial charge in [-0.15, -0.1) is 5.06 Å². The van der Waals surface area contributed by atoms with E-state index in [9.17, 15) is 13.2 Å². The predicted octanol–water partition coefficient (Wildman–Crippen LogP) is 3.38. The Morgan fingerprint density at radius 2 is 1.87 bits per heavy atom. The lowest BCUT2D eigenvalue weighted by Gasteiger charge is -2.30. The smallest absolute Gasteiger partial charge is 0.378 e. The van der Waals surface area contributed by atoms with Gasteiger partial charge in [-0.25, -0.2) is 4.99 Å². The quantitative estimate of drug-likeness (QED) is 0.849. The van der Waals surface area contributed by atoms with Gasteiger partial charge in [0.1, 0.15) is 0 Å². The van der Waals surface area contributed by atoms with E-state index in [0.717, 1.165) is 25.9 Å². The molecule has 2 aliphatic heterocycles. The van der Waals surface area contributed by atoms with Crippen molar-refractivity contribution in [1.82, 2.24) is 9.96 Å². The second-order valence-corrected chi connectivity index (χ2v) is 6.02. The molecule has 0 saturated carbocycles. The normalized spacial score (nSPS) is 24.5. The van der Waals surface area contributed by atoms with Crippen molar-refractivity contribution in [3.05, 3.63) is 35.9 Å². The number of hydroxylamine groups is 2. The molecular formula is C16H20F3N3O. The highest BCUT2D eigenvalue weighted by Crippen LogP contribution is 2.35. The summed E-state index contributed by atoms with van der Waals surface area (Å²) in [6, 6.07) is 8.76. The van der Waals surface area contributed by atoms with Crippen LogP contribution in [0, 0.1) is 0 Å². The van der Waals surface area contributed by atoms with E-state index in [1.807, 2.05) is 13.0 Å². The Bertz CT molecular complexity index is 555. The molecule has 4 nitrogen and oxygen atoms in total. The van der Waals surface area contributed by atoms with E-state index >= 15 is 0 Å². The number of hydrogen-bond acceptors (Lipinski definition) is 4. The second-order valence-electron chi connectivity index (χ2n) is 6.02. The summed E-state index contributed by atoms with van der Waals surface area (Å²) in [7, 11) is 0. The number of alkyl halides is 3. The molecule has 0 spiro atoms. The van der Waals surface area contributed by atoms with Crippen LogP contribution < -0.4 is 0 Å². The molecule has 23 heavy (non-hydrogen) atoms. The van der Waals surface area contributed by atoms with Crippen molar-refractivity contribution in [2.24, 2.45) is 4.99 Å². The van der Waals surface area contributed by atoms with Crippen LogP contribution in [0.5, 0.6) is 0 Å². The number of benzene rings is 1. The Morgan fingerprint density at radius 1 is 1.22 bits per heavy atom. The van der Waals surface area contributed by atoms with Crippen LogP contribution in [0.25, 0.3) is 0 Å². The number of hydrogen-bond donors (Lipinski definition) is 0. The van der Waals surface area contributed by atoms with Gasteiger partial charge in [0.2, 0.25) is 0 Å². The summed E-state index contributed by atoms with van der Waals surface area (Å²) >= 11 is 0. The van der Waals surface area contributed by atoms with E-state index < -0.39 is 18.2 Å². The fourth-order valence-electron chi connectivity index (χ4n) is 3.06. The van der Waals surface area contributed by atoms with Crippen molar-refractivity contribution in [2.45, 2.75) is 38.1 Å². The minimum absolute atomic E-state index is 0.193. The molecule has 2 aliphatic rings. The van der Waals surface area contributed by atoms with Gasteiger partial charge in [-0.05, 0) is 38.4 Å². The zero-order valence-corrected chi connectivity index (χ0v) is 13.0. The molecule has 1 saturated heterocycles. The van der Waals surface area contributed by atoms with Gasteiger partial charge < -0.3 is 9.74 Å². The maximum Gasteiger partial charge on any atom is 0.470 e. The van der Waals surface area contributed by atoms with Crippen LogP contribution >= 0.6 is 0 Å². The molecule has 1 aromatic rings. The first-order chi connectivity index (χ1) is 10.9. The highest BCUT2D eigenvalue weighted by Gasteiger charge is 2.47. The van der Waals surface area contributed by atoms with Crippen molar-refractivity contribution in [3.63, 3.8) is 0 Å². The molecule has 0 N–H and O–H groups in total. The van der Waals surface area contributed by atoms with Crippen LogP contribution in [0.15, 0.2) is 35.3 Å². The molecule has 1 unspecified atom stereocenters. The average molecular weight is 327 g/mol. The summed E-state index contributed by atoms with van der Waals surface area (Å²) in [6.45, 7) is 4.52. The molecular weight excluding hydrogens is 307 g/mol. The molecule has 126 valence electrons. The lowest BCUT2D eigenvalue weighted by molar-refractivity contribution is -0.155. The summed E-state index contributed by atoms with van der Waals surface area (Å²) in [5.41, 5.74) is 0.694. The Balaban J connectivity index is 1.80. The largest absolute Gasteiger partial charge is 0.470 e. The lowest BCUT2D eigenvalue weighted by Crippen LogP contribution is -2.42. The van der Waals surface area contributed by atoms with Crippen LogP contribution in [0.2, 0.25) is 0 Å². The fraction of sp³-hybridized carbons (Fsp3) is 0.562. The minimum Gasteiger partial charge on any atom is -0.378 e. The molecule has 2 heterocycles. The third-order valence-corrected chi connectivity index (χ3v) is 4.17. The number of nitrogens with zero attached hydrogens (tertiary/aromatic N) is 3. The topological polar surface area (TPSA) is 28.1 Å². The molecule has 3 rings (SSSR count). The predicted molar refractivity (Wildman–Crippen MR) is 80.7 cm³/mol. The maximum absolute atomic E-state index is 13.0. The van der Waals surface area contributed by atoms with E-state index in [-0.39, 0.29) is 6.04 Å². The van der Waals surface area contributed by atoms with E-state index in [1.165, 1.54) is 5.06 Å². The van der Waals surface area contributed by atoms with Crippen LogP contribution in [0.4, 0.5) is 13.2 Å². The van der Waals surface area contributed by atoms with Crippen molar-refractivity contribution in [3.8, 4) is 0 Å². The number of rotatable bonds is 4. The summed E-state index contributed by atoms with van der Waals surface area (Å²) in [4.78, 5) is 11.1. The van der Waals surface area contributed by atoms with E-state index in [4.69, 9.17) is 4.84 Å². The summed E-state index contributed by atoms with van der Waals surface area (Å²) < 4.78 is 39.0. The highest BCUT2D eigenvalue weighted by molar-refractivity contribution is 5.82. The third kappa shape index (κ3) is 3.67. The monoisotopic (exact) mass is 327 g/mol. The first-order valence-corrected chi connectivity index (χ1v) is 7.84. The molecule has 0 amide bonds. The molecule has 1 aromatic carbocycles. The van der Waals surface area contributed by atoms with Crippen LogP contribution in [0.1, 0.15) is 31.5 Å². The summed E-state index contributed by atoms with van der Waals surface area (Å²) in [5.74, 6) is -1.17. The molecule has 0 radical (unpaired) electrons. The Labute approximate surface area is 133 Å². The average Bonchev–Trinajstić information content (AvgIpc) is 3.16. The standard InChI is InChI=1S/C16H20F3N3O/c1-12(11-21-9-5-6-10-21)22-14(13-7-3-2-4-8-13)20-15(23-22)16(17,18)19/h2-4,7-8,12,14H,5-6,9-11H2,1H3/t12?,14-/m1/s1. The van der Waals surface area contributed by atoms with Gasteiger partial charge in [0, 0.05) is 6.54 Å². The van der Waals surface area contributed by atoms with Crippen molar-refractivity contribution < 1.29 is 18.0 Å². The Kier molecular flexibility index (Phi) is 4.59. The van der Waals surface area contributed by atoms with Crippen LogP contribution in [-0.2, 0) is 4.84 Å². The summed E-state index contributed by atoms with van der Waals surface area (Å²) in [5, 5.41) is 1.37. The van der Waals surface area contributed by atoms with Gasteiger partial charge in [-0.1, -0.05) is 30.3 Å². The molecule has 1 fully saturated rings. The number of likely N-dealkylation sites (tertiary alicyclic amines) is 1. The zero-order chi connectivity index (χ0) is 16.4. The Hall–Kier alpha value is -1.60. The molecule has 0 bridgehead atoms. The van der Waals surface area contributed by atoms with E-state index in [1.54, 1.807) is 24.3 Å². The van der Waals surface area contributed by atoms with Crippen molar-refractivity contribution in [1.29, 1.82) is 0 Å². The highest BCUT2D eigenvalue weighted by atomic mass is 19.4. The van der Waals surface area contributed by atoms with Gasteiger partial charge in [-0.2, -0.15) is 13.2 Å². The lowest BCUT2D eigenvalue weighted by atomic mass is 10.1. The fourth-order valence-corrected chi connectivity index (χ4v) is 3.06. The van der Waals surface area contributed by atoms with E-state index in [0.29, 0.717) is 12.1 Å². The number of aliphatic imine (C=N–C) groups is 1. The zero-order valence-electron chi connectivity index (χ0n) is 13.0. The SMILES string of the molecule is CC(CN1CCCC1)N1OC(C(F)(F)F)=N[C@H]1c1ccccc1. The molecule has 0 aromatic heterocycles. The first-order valence-electron chi connectivity index (χ1n) is 7.84. The van der Waals surface area contributed by atoms with Gasteiger partial charge in [-0.3, -0.25) is 0 Å². The van der Waals surface area contributed by atoms with Crippen molar-refractivity contribution >= 4 is 5.90 Å². The maximum atomic E-state index is 13.0. The Morgan fingerprint density at radius 3 is 2.48 bits per heavy atom. The summed E-state index contributed by atoms with van der Waals surface area (Å²) in [6.07, 6.45) is -3.06. The van der Waals surface area contributed by atoms with Crippen molar-refractivity contribution in [2.75, 3.05) is 19.6 Å². The van der Waals surface area contributed by atoms with Gasteiger partial charge in [0.15, 0.2) is 6.17 Å².